The summed E-state index contributed by atoms with van der Waals surface area (Å²) in [5.41, 5.74) is 0. The summed E-state index contributed by atoms with van der Waals surface area (Å²) in [6, 6.07) is 3.34. The quantitative estimate of drug-likeness (QED) is 0.338. The number of likely N-dealkylation sites (tertiary alicyclic amines) is 1. The predicted octanol–water partition coefficient (Wildman–Crippen LogP) is 1.69. The molecule has 1 aliphatic rings. The van der Waals surface area contributed by atoms with Crippen LogP contribution >= 0.6 is 24.0 Å². The lowest BCUT2D eigenvalue weighted by molar-refractivity contribution is 0.0927. The largest absolute Gasteiger partial charge is 0.459 e. The summed E-state index contributed by atoms with van der Waals surface area (Å²) < 4.78 is 5.02. The van der Waals surface area contributed by atoms with Crippen LogP contribution in [-0.4, -0.2) is 49.5 Å². The van der Waals surface area contributed by atoms with Gasteiger partial charge < -0.3 is 20.0 Å². The molecule has 0 saturated carbocycles. The molecule has 118 valence electrons. The van der Waals surface area contributed by atoms with Crippen molar-refractivity contribution in [2.24, 2.45) is 4.99 Å². The van der Waals surface area contributed by atoms with E-state index in [1.165, 1.54) is 19.1 Å². The van der Waals surface area contributed by atoms with Gasteiger partial charge in [-0.2, -0.15) is 0 Å². The topological polar surface area (TPSA) is 69.9 Å². The van der Waals surface area contributed by atoms with Gasteiger partial charge in [-0.1, -0.05) is 0 Å². The molecule has 0 atom stereocenters. The van der Waals surface area contributed by atoms with Gasteiger partial charge in [-0.15, -0.1) is 24.0 Å². The maximum absolute atomic E-state index is 11.7. The molecule has 21 heavy (non-hydrogen) atoms. The molecule has 1 amide bonds. The fraction of sp³-hybridized carbons (Fsp3) is 0.571. The number of hydrogen-bond donors (Lipinski definition) is 2. The SMILES string of the molecule is CCNC(=NCCNC(=O)c1ccco1)N1CCCC1.I. The second kappa shape index (κ2) is 9.64. The summed E-state index contributed by atoms with van der Waals surface area (Å²) in [7, 11) is 0. The highest BCUT2D eigenvalue weighted by molar-refractivity contribution is 14.0. The lowest BCUT2D eigenvalue weighted by Gasteiger charge is -2.20. The summed E-state index contributed by atoms with van der Waals surface area (Å²) in [5.74, 6) is 1.08. The van der Waals surface area contributed by atoms with Gasteiger partial charge in [0, 0.05) is 26.2 Å². The van der Waals surface area contributed by atoms with E-state index in [0.717, 1.165) is 25.6 Å². The standard InChI is InChI=1S/C14H22N4O2.HI/c1-2-15-14(18-9-3-4-10-18)17-8-7-16-13(19)12-6-5-11-20-12;/h5-6,11H,2-4,7-10H2,1H3,(H,15,17)(H,16,19);1H. The minimum atomic E-state index is -0.198. The highest BCUT2D eigenvalue weighted by Crippen LogP contribution is 2.07. The van der Waals surface area contributed by atoms with Gasteiger partial charge in [-0.25, -0.2) is 0 Å². The van der Waals surface area contributed by atoms with Gasteiger partial charge in [0.05, 0.1) is 12.8 Å². The highest BCUT2D eigenvalue weighted by Gasteiger charge is 2.15. The van der Waals surface area contributed by atoms with E-state index in [4.69, 9.17) is 4.42 Å². The molecule has 7 heteroatoms. The van der Waals surface area contributed by atoms with Gasteiger partial charge in [0.2, 0.25) is 0 Å². The van der Waals surface area contributed by atoms with Crippen molar-refractivity contribution in [2.75, 3.05) is 32.7 Å². The molecule has 0 unspecified atom stereocenters. The maximum Gasteiger partial charge on any atom is 0.287 e. The van der Waals surface area contributed by atoms with E-state index >= 15 is 0 Å². The van der Waals surface area contributed by atoms with Crippen molar-refractivity contribution in [1.29, 1.82) is 0 Å². The Morgan fingerprint density at radius 1 is 1.38 bits per heavy atom. The molecule has 0 aromatic carbocycles. The number of rotatable bonds is 5. The van der Waals surface area contributed by atoms with Crippen molar-refractivity contribution >= 4 is 35.8 Å². The number of nitrogens with one attached hydrogen (secondary N) is 2. The van der Waals surface area contributed by atoms with Crippen LogP contribution in [-0.2, 0) is 0 Å². The smallest absolute Gasteiger partial charge is 0.287 e. The van der Waals surface area contributed by atoms with Gasteiger partial charge in [-0.05, 0) is 31.9 Å². The molecular formula is C14H23IN4O2. The lowest BCUT2D eigenvalue weighted by Crippen LogP contribution is -2.40. The Bertz CT molecular complexity index is 442. The average Bonchev–Trinajstić information content (AvgIpc) is 3.14. The summed E-state index contributed by atoms with van der Waals surface area (Å²) in [6.07, 6.45) is 3.93. The fourth-order valence-corrected chi connectivity index (χ4v) is 2.18. The zero-order valence-electron chi connectivity index (χ0n) is 12.3. The second-order valence-electron chi connectivity index (χ2n) is 4.66. The molecule has 1 aliphatic heterocycles. The normalized spacial score (nSPS) is 14.7. The molecule has 2 rings (SSSR count). The van der Waals surface area contributed by atoms with Crippen LogP contribution in [0.4, 0.5) is 0 Å². The van der Waals surface area contributed by atoms with Crippen LogP contribution in [0, 0.1) is 0 Å². The third-order valence-electron chi connectivity index (χ3n) is 3.14. The van der Waals surface area contributed by atoms with E-state index in [1.54, 1.807) is 12.1 Å². The van der Waals surface area contributed by atoms with Crippen molar-refractivity contribution < 1.29 is 9.21 Å². The van der Waals surface area contributed by atoms with Crippen LogP contribution in [0.15, 0.2) is 27.8 Å². The zero-order valence-corrected chi connectivity index (χ0v) is 14.6. The van der Waals surface area contributed by atoms with Crippen LogP contribution in [0.25, 0.3) is 0 Å². The number of furan rings is 1. The monoisotopic (exact) mass is 406 g/mol. The summed E-state index contributed by atoms with van der Waals surface area (Å²) in [6.45, 7) is 6.10. The van der Waals surface area contributed by atoms with Crippen LogP contribution < -0.4 is 10.6 Å². The first-order valence-corrected chi connectivity index (χ1v) is 7.16. The number of hydrogen-bond acceptors (Lipinski definition) is 3. The molecule has 1 aromatic heterocycles. The van der Waals surface area contributed by atoms with Crippen LogP contribution in [0.2, 0.25) is 0 Å². The second-order valence-corrected chi connectivity index (χ2v) is 4.66. The molecule has 2 N–H and O–H groups in total. The molecule has 0 aliphatic carbocycles. The summed E-state index contributed by atoms with van der Waals surface area (Å²) >= 11 is 0. The first-order chi connectivity index (χ1) is 9.81. The van der Waals surface area contributed by atoms with Crippen molar-refractivity contribution in [3.05, 3.63) is 24.2 Å². The molecule has 0 spiro atoms. The number of carbonyl (C=O) groups excluding carboxylic acids is 1. The van der Waals surface area contributed by atoms with E-state index in [0.29, 0.717) is 18.8 Å². The maximum atomic E-state index is 11.7. The Morgan fingerprint density at radius 3 is 2.76 bits per heavy atom. The van der Waals surface area contributed by atoms with Gasteiger partial charge in [0.25, 0.3) is 5.91 Å². The molecule has 1 fully saturated rings. The van der Waals surface area contributed by atoms with Crippen molar-refractivity contribution in [1.82, 2.24) is 15.5 Å². The van der Waals surface area contributed by atoms with Crippen LogP contribution in [0.3, 0.4) is 0 Å². The molecule has 0 bridgehead atoms. The van der Waals surface area contributed by atoms with Gasteiger partial charge >= 0.3 is 0 Å². The van der Waals surface area contributed by atoms with Crippen LogP contribution in [0.1, 0.15) is 30.3 Å². The highest BCUT2D eigenvalue weighted by atomic mass is 127. The molecule has 2 heterocycles. The number of halogens is 1. The van der Waals surface area contributed by atoms with Gasteiger partial charge in [-0.3, -0.25) is 9.79 Å². The van der Waals surface area contributed by atoms with E-state index in [-0.39, 0.29) is 29.9 Å². The van der Waals surface area contributed by atoms with Crippen molar-refractivity contribution in [2.45, 2.75) is 19.8 Å². The molecule has 0 radical (unpaired) electrons. The van der Waals surface area contributed by atoms with Gasteiger partial charge in [0.1, 0.15) is 0 Å². The van der Waals surface area contributed by atoms with Gasteiger partial charge in [0.15, 0.2) is 11.7 Å². The van der Waals surface area contributed by atoms with Crippen molar-refractivity contribution in [3.63, 3.8) is 0 Å². The predicted molar refractivity (Wildman–Crippen MR) is 93.2 cm³/mol. The van der Waals surface area contributed by atoms with E-state index in [1.807, 2.05) is 0 Å². The van der Waals surface area contributed by atoms with Crippen LogP contribution in [0.5, 0.6) is 0 Å². The number of nitrogens with zero attached hydrogens (tertiary/aromatic N) is 2. The summed E-state index contributed by atoms with van der Waals surface area (Å²) in [4.78, 5) is 18.4. The summed E-state index contributed by atoms with van der Waals surface area (Å²) in [5, 5.41) is 6.07. The Morgan fingerprint density at radius 2 is 2.14 bits per heavy atom. The molecule has 1 aromatic rings. The zero-order chi connectivity index (χ0) is 14.2. The third kappa shape index (κ3) is 5.56. The minimum absolute atomic E-state index is 0. The van der Waals surface area contributed by atoms with E-state index in [9.17, 15) is 4.79 Å². The minimum Gasteiger partial charge on any atom is -0.459 e. The van der Waals surface area contributed by atoms with E-state index < -0.39 is 0 Å². The first kappa shape index (κ1) is 17.8. The molecular weight excluding hydrogens is 383 g/mol. The number of aliphatic imine (C=N–C) groups is 1. The molecule has 1 saturated heterocycles. The number of amides is 1. The Hall–Kier alpha value is -1.25. The Labute approximate surface area is 142 Å². The Kier molecular flexibility index (Phi) is 8.17. The Balaban J connectivity index is 0.00000220. The van der Waals surface area contributed by atoms with E-state index in [2.05, 4.69) is 27.4 Å². The third-order valence-corrected chi connectivity index (χ3v) is 3.14. The average molecular weight is 406 g/mol. The first-order valence-electron chi connectivity index (χ1n) is 7.16. The van der Waals surface area contributed by atoms with Crippen molar-refractivity contribution in [3.8, 4) is 0 Å². The lowest BCUT2D eigenvalue weighted by atomic mass is 10.4. The fourth-order valence-electron chi connectivity index (χ4n) is 2.18. The number of guanidine groups is 1. The number of carbonyl (C=O) groups is 1. The molecule has 6 nitrogen and oxygen atoms in total.